The summed E-state index contributed by atoms with van der Waals surface area (Å²) >= 11 is 0. The molecule has 0 radical (unpaired) electrons. The zero-order valence-electron chi connectivity index (χ0n) is 16.0. The Kier molecular flexibility index (Phi) is 5.63. The van der Waals surface area contributed by atoms with Gasteiger partial charge in [-0.3, -0.25) is 9.59 Å². The number of halogens is 1. The van der Waals surface area contributed by atoms with Crippen molar-refractivity contribution in [1.29, 1.82) is 0 Å². The van der Waals surface area contributed by atoms with Gasteiger partial charge in [-0.25, -0.2) is 4.39 Å². The van der Waals surface area contributed by atoms with Gasteiger partial charge in [-0.15, -0.1) is 0 Å². The van der Waals surface area contributed by atoms with Gasteiger partial charge in [0.1, 0.15) is 11.6 Å². The highest BCUT2D eigenvalue weighted by molar-refractivity contribution is 5.97. The summed E-state index contributed by atoms with van der Waals surface area (Å²) in [6, 6.07) is 9.80. The van der Waals surface area contributed by atoms with Gasteiger partial charge < -0.3 is 20.4 Å². The van der Waals surface area contributed by atoms with Crippen LogP contribution in [0, 0.1) is 5.82 Å². The van der Waals surface area contributed by atoms with E-state index in [0.717, 1.165) is 16.5 Å². The number of aromatic nitrogens is 1. The van der Waals surface area contributed by atoms with Crippen molar-refractivity contribution in [3.8, 4) is 17.0 Å². The molecule has 28 heavy (non-hydrogen) atoms. The van der Waals surface area contributed by atoms with E-state index < -0.39 is 5.82 Å². The topological polar surface area (TPSA) is 83.2 Å². The first-order valence-electron chi connectivity index (χ1n) is 8.89. The van der Waals surface area contributed by atoms with E-state index in [4.69, 9.17) is 4.74 Å². The molecular formula is C21H22FN3O3. The lowest BCUT2D eigenvalue weighted by molar-refractivity contribution is -0.118. The second-order valence-corrected chi connectivity index (χ2v) is 6.40. The van der Waals surface area contributed by atoms with Gasteiger partial charge in [0.05, 0.1) is 12.8 Å². The molecule has 0 saturated heterocycles. The Hall–Kier alpha value is -3.35. The molecule has 1 aromatic heterocycles. The molecule has 2 aromatic carbocycles. The van der Waals surface area contributed by atoms with Crippen molar-refractivity contribution in [3.63, 3.8) is 0 Å². The summed E-state index contributed by atoms with van der Waals surface area (Å²) in [6.07, 6.45) is 0.492. The van der Waals surface area contributed by atoms with Gasteiger partial charge in [0, 0.05) is 42.5 Å². The van der Waals surface area contributed by atoms with Crippen molar-refractivity contribution in [2.24, 2.45) is 0 Å². The number of methoxy groups -OCH3 is 1. The van der Waals surface area contributed by atoms with E-state index in [1.807, 2.05) is 18.2 Å². The van der Waals surface area contributed by atoms with E-state index in [0.29, 0.717) is 35.5 Å². The second-order valence-electron chi connectivity index (χ2n) is 6.40. The molecule has 146 valence electrons. The van der Waals surface area contributed by atoms with Gasteiger partial charge in [-0.2, -0.15) is 0 Å². The number of hydrogen-bond acceptors (Lipinski definition) is 3. The molecule has 7 heteroatoms. The van der Waals surface area contributed by atoms with Gasteiger partial charge >= 0.3 is 0 Å². The summed E-state index contributed by atoms with van der Waals surface area (Å²) in [5, 5.41) is 6.19. The summed E-state index contributed by atoms with van der Waals surface area (Å²) in [5.41, 5.74) is 2.91. The van der Waals surface area contributed by atoms with Crippen LogP contribution < -0.4 is 15.4 Å². The van der Waals surface area contributed by atoms with Gasteiger partial charge in [-0.05, 0) is 48.4 Å². The van der Waals surface area contributed by atoms with Crippen molar-refractivity contribution < 1.29 is 18.7 Å². The van der Waals surface area contributed by atoms with E-state index in [9.17, 15) is 14.0 Å². The number of H-pyrrole nitrogens is 1. The molecule has 0 atom stereocenters. The van der Waals surface area contributed by atoms with Crippen molar-refractivity contribution in [2.75, 3.05) is 20.7 Å². The summed E-state index contributed by atoms with van der Waals surface area (Å²) < 4.78 is 20.0. The highest BCUT2D eigenvalue weighted by atomic mass is 19.1. The largest absolute Gasteiger partial charge is 0.497 e. The lowest BCUT2D eigenvalue weighted by Gasteiger charge is -2.09. The summed E-state index contributed by atoms with van der Waals surface area (Å²) in [7, 11) is 3.11. The van der Waals surface area contributed by atoms with Crippen LogP contribution >= 0.6 is 0 Å². The van der Waals surface area contributed by atoms with Crippen molar-refractivity contribution in [2.45, 2.75) is 13.3 Å². The molecule has 0 aliphatic rings. The molecule has 0 bridgehead atoms. The molecule has 0 spiro atoms. The number of benzene rings is 2. The fourth-order valence-corrected chi connectivity index (χ4v) is 3.21. The van der Waals surface area contributed by atoms with Crippen molar-refractivity contribution in [3.05, 3.63) is 53.3 Å². The number of carbonyl (C=O) groups is 2. The lowest BCUT2D eigenvalue weighted by atomic mass is 10.00. The Bertz CT molecular complexity index is 1040. The highest BCUT2D eigenvalue weighted by Crippen LogP contribution is 2.34. The smallest absolute Gasteiger partial charge is 0.251 e. The van der Waals surface area contributed by atoms with Crippen LogP contribution in [0.1, 0.15) is 22.8 Å². The number of hydrogen-bond donors (Lipinski definition) is 3. The minimum Gasteiger partial charge on any atom is -0.497 e. The molecule has 0 aliphatic heterocycles. The van der Waals surface area contributed by atoms with Crippen LogP contribution in [0.4, 0.5) is 4.39 Å². The lowest BCUT2D eigenvalue weighted by Crippen LogP contribution is -2.22. The number of rotatable bonds is 6. The summed E-state index contributed by atoms with van der Waals surface area (Å²) in [6.45, 7) is 1.86. The summed E-state index contributed by atoms with van der Waals surface area (Å²) in [5.74, 6) is -0.184. The van der Waals surface area contributed by atoms with Crippen LogP contribution in [0.3, 0.4) is 0 Å². The minimum atomic E-state index is -0.438. The van der Waals surface area contributed by atoms with Crippen molar-refractivity contribution >= 4 is 22.7 Å². The Morgan fingerprint density at radius 3 is 2.64 bits per heavy atom. The molecule has 1 heterocycles. The predicted molar refractivity (Wildman–Crippen MR) is 106 cm³/mol. The first-order valence-corrected chi connectivity index (χ1v) is 8.89. The molecule has 0 aliphatic carbocycles. The number of ether oxygens (including phenoxy) is 1. The second kappa shape index (κ2) is 8.12. The van der Waals surface area contributed by atoms with Gasteiger partial charge in [-0.1, -0.05) is 0 Å². The maximum atomic E-state index is 14.7. The van der Waals surface area contributed by atoms with Crippen LogP contribution in [0.15, 0.2) is 36.4 Å². The number of amides is 2. The van der Waals surface area contributed by atoms with Crippen molar-refractivity contribution in [1.82, 2.24) is 15.6 Å². The van der Waals surface area contributed by atoms with E-state index in [1.165, 1.54) is 32.2 Å². The third-order valence-electron chi connectivity index (χ3n) is 4.59. The number of aromatic amines is 1. The maximum absolute atomic E-state index is 14.7. The first-order chi connectivity index (χ1) is 13.4. The SMILES string of the molecule is CNC(=O)c1ccc(F)c(-c2[nH]c3ccc(OC)cc3c2CCNC(C)=O)c1. The molecule has 2 amide bonds. The standard InChI is InChI=1S/C21H22FN3O3/c1-12(26)24-9-8-15-16-11-14(28-3)5-7-19(16)25-20(15)17-10-13(21(27)23-2)4-6-18(17)22/h4-7,10-11,25H,8-9H2,1-3H3,(H,23,27)(H,24,26). The predicted octanol–water partition coefficient (Wildman–Crippen LogP) is 3.02. The van der Waals surface area contributed by atoms with E-state index in [1.54, 1.807) is 7.11 Å². The quantitative estimate of drug-likeness (QED) is 0.612. The summed E-state index contributed by atoms with van der Waals surface area (Å²) in [4.78, 5) is 26.5. The fourth-order valence-electron chi connectivity index (χ4n) is 3.21. The fraction of sp³-hybridized carbons (Fsp3) is 0.238. The van der Waals surface area contributed by atoms with Crippen LogP contribution in [0.2, 0.25) is 0 Å². The maximum Gasteiger partial charge on any atom is 0.251 e. The molecule has 0 fully saturated rings. The van der Waals surface area contributed by atoms with E-state index in [2.05, 4.69) is 15.6 Å². The number of nitrogens with one attached hydrogen (secondary N) is 3. The monoisotopic (exact) mass is 383 g/mol. The molecular weight excluding hydrogens is 361 g/mol. The zero-order valence-corrected chi connectivity index (χ0v) is 16.0. The normalized spacial score (nSPS) is 10.7. The molecule has 6 nitrogen and oxygen atoms in total. The highest BCUT2D eigenvalue weighted by Gasteiger charge is 2.18. The third kappa shape index (κ3) is 3.83. The third-order valence-corrected chi connectivity index (χ3v) is 4.59. The minimum absolute atomic E-state index is 0.133. The van der Waals surface area contributed by atoms with Crippen LogP contribution in [0.25, 0.3) is 22.2 Å². The van der Waals surface area contributed by atoms with Crippen LogP contribution in [-0.2, 0) is 11.2 Å². The molecule has 0 saturated carbocycles. The molecule has 3 N–H and O–H groups in total. The van der Waals surface area contributed by atoms with E-state index >= 15 is 0 Å². The zero-order chi connectivity index (χ0) is 20.3. The first kappa shape index (κ1) is 19.4. The Labute approximate surface area is 162 Å². The van der Waals surface area contributed by atoms with Gasteiger partial charge in [0.25, 0.3) is 5.91 Å². The van der Waals surface area contributed by atoms with Gasteiger partial charge in [0.15, 0.2) is 0 Å². The van der Waals surface area contributed by atoms with E-state index in [-0.39, 0.29) is 11.8 Å². The number of fused-ring (bicyclic) bond motifs is 1. The van der Waals surface area contributed by atoms with Crippen LogP contribution in [-0.4, -0.2) is 37.5 Å². The Morgan fingerprint density at radius 1 is 1.18 bits per heavy atom. The molecule has 3 aromatic rings. The van der Waals surface area contributed by atoms with Gasteiger partial charge in [0.2, 0.25) is 5.91 Å². The molecule has 3 rings (SSSR count). The number of carbonyl (C=O) groups excluding carboxylic acids is 2. The van der Waals surface area contributed by atoms with Crippen LogP contribution in [0.5, 0.6) is 5.75 Å². The Morgan fingerprint density at radius 2 is 1.96 bits per heavy atom. The molecule has 0 unspecified atom stereocenters. The average Bonchev–Trinajstić information content (AvgIpc) is 3.05. The average molecular weight is 383 g/mol. The Balaban J connectivity index is 2.16.